The molecule has 1 aromatic rings. The molecule has 1 aromatic heterocycles. The van der Waals surface area contributed by atoms with Gasteiger partial charge in [0.15, 0.2) is 5.69 Å². The van der Waals surface area contributed by atoms with Crippen molar-refractivity contribution in [3.8, 4) is 0 Å². The van der Waals surface area contributed by atoms with Gasteiger partial charge in [-0.05, 0) is 19.3 Å². The average Bonchev–Trinajstić information content (AvgIpc) is 2.97. The highest BCUT2D eigenvalue weighted by Crippen LogP contribution is 2.17. The molecule has 0 radical (unpaired) electrons. The molecule has 0 aliphatic heterocycles. The summed E-state index contributed by atoms with van der Waals surface area (Å²) in [6.45, 7) is 1.84. The van der Waals surface area contributed by atoms with E-state index >= 15 is 0 Å². The molecule has 0 aromatic carbocycles. The summed E-state index contributed by atoms with van der Waals surface area (Å²) in [5.74, 6) is -1.25. The average molecular weight is 266 g/mol. The monoisotopic (exact) mass is 266 g/mol. The number of hydrogen-bond acceptors (Lipinski definition) is 4. The van der Waals surface area contributed by atoms with Gasteiger partial charge in [-0.15, -0.1) is 5.10 Å². The minimum absolute atomic E-state index is 0.0277. The minimum Gasteiger partial charge on any atom is -0.476 e. The lowest BCUT2D eigenvalue weighted by molar-refractivity contribution is -0.122. The molecule has 104 valence electrons. The summed E-state index contributed by atoms with van der Waals surface area (Å²) in [6, 6.07) is 0.250. The molecule has 0 saturated heterocycles. The number of carboxylic acids is 1. The van der Waals surface area contributed by atoms with E-state index in [2.05, 4.69) is 15.6 Å². The van der Waals surface area contributed by atoms with Crippen LogP contribution in [0.25, 0.3) is 0 Å². The Morgan fingerprint density at radius 2 is 2.11 bits per heavy atom. The smallest absolute Gasteiger partial charge is 0.358 e. The number of hydrogen-bond donors (Lipinski definition) is 2. The van der Waals surface area contributed by atoms with Crippen LogP contribution in [0.2, 0.25) is 0 Å². The Bertz CT molecular complexity index is 477. The Labute approximate surface area is 111 Å². The van der Waals surface area contributed by atoms with Gasteiger partial charge in [-0.3, -0.25) is 4.79 Å². The number of carbonyl (C=O) groups is 2. The summed E-state index contributed by atoms with van der Waals surface area (Å²) >= 11 is 0. The van der Waals surface area contributed by atoms with E-state index in [9.17, 15) is 9.59 Å². The van der Waals surface area contributed by atoms with Crippen molar-refractivity contribution in [2.45, 2.75) is 51.6 Å². The third-order valence-electron chi connectivity index (χ3n) is 3.39. The second-order valence-corrected chi connectivity index (χ2v) is 4.75. The second-order valence-electron chi connectivity index (χ2n) is 4.75. The number of carboxylic acid groups (broad SMARTS) is 1. The van der Waals surface area contributed by atoms with E-state index in [-0.39, 0.29) is 24.2 Å². The molecule has 0 spiro atoms. The molecular weight excluding hydrogens is 248 g/mol. The maximum Gasteiger partial charge on any atom is 0.358 e. The normalized spacial score (nSPS) is 15.6. The molecule has 1 fully saturated rings. The Hall–Kier alpha value is -1.92. The standard InChI is InChI=1S/C12H18N4O3/c1-2-9-11(12(18)19)14-15-16(9)7-10(17)13-8-5-3-4-6-8/h8H,2-7H2,1H3,(H,13,17)(H,18,19). The number of rotatable bonds is 5. The molecular formula is C12H18N4O3. The van der Waals surface area contributed by atoms with Crippen molar-refractivity contribution in [2.24, 2.45) is 0 Å². The molecule has 1 amide bonds. The minimum atomic E-state index is -1.11. The summed E-state index contributed by atoms with van der Waals surface area (Å²) in [4.78, 5) is 22.8. The first-order valence-corrected chi connectivity index (χ1v) is 6.56. The van der Waals surface area contributed by atoms with Gasteiger partial charge in [0, 0.05) is 6.04 Å². The lowest BCUT2D eigenvalue weighted by Gasteiger charge is -2.12. The van der Waals surface area contributed by atoms with Gasteiger partial charge >= 0.3 is 5.97 Å². The van der Waals surface area contributed by atoms with E-state index < -0.39 is 5.97 Å². The zero-order valence-electron chi connectivity index (χ0n) is 10.9. The Morgan fingerprint density at radius 3 is 2.68 bits per heavy atom. The lowest BCUT2D eigenvalue weighted by Crippen LogP contribution is -2.35. The predicted molar refractivity (Wildman–Crippen MR) is 66.8 cm³/mol. The Balaban J connectivity index is 2.01. The number of amides is 1. The number of nitrogens with one attached hydrogen (secondary N) is 1. The van der Waals surface area contributed by atoms with Crippen molar-refractivity contribution in [2.75, 3.05) is 0 Å². The van der Waals surface area contributed by atoms with Crippen LogP contribution in [-0.2, 0) is 17.8 Å². The largest absolute Gasteiger partial charge is 0.476 e. The van der Waals surface area contributed by atoms with Gasteiger partial charge in [0.1, 0.15) is 6.54 Å². The van der Waals surface area contributed by atoms with Crippen molar-refractivity contribution in [1.29, 1.82) is 0 Å². The van der Waals surface area contributed by atoms with Crippen molar-refractivity contribution in [1.82, 2.24) is 20.3 Å². The maximum atomic E-state index is 11.9. The van der Waals surface area contributed by atoms with Crippen molar-refractivity contribution in [3.05, 3.63) is 11.4 Å². The number of aromatic nitrogens is 3. The summed E-state index contributed by atoms with van der Waals surface area (Å²) in [6.07, 6.45) is 4.81. The van der Waals surface area contributed by atoms with Crippen molar-refractivity contribution < 1.29 is 14.7 Å². The zero-order valence-corrected chi connectivity index (χ0v) is 10.9. The van der Waals surface area contributed by atoms with Crippen LogP contribution >= 0.6 is 0 Å². The highest BCUT2D eigenvalue weighted by molar-refractivity contribution is 5.86. The van der Waals surface area contributed by atoms with Gasteiger partial charge in [0.2, 0.25) is 5.91 Å². The molecule has 1 aliphatic rings. The zero-order chi connectivity index (χ0) is 13.8. The third kappa shape index (κ3) is 3.10. The molecule has 1 heterocycles. The van der Waals surface area contributed by atoms with Crippen LogP contribution in [0.3, 0.4) is 0 Å². The molecule has 0 atom stereocenters. The van der Waals surface area contributed by atoms with Crippen LogP contribution in [0.5, 0.6) is 0 Å². The summed E-state index contributed by atoms with van der Waals surface area (Å²) in [7, 11) is 0. The molecule has 7 nitrogen and oxygen atoms in total. The molecule has 0 bridgehead atoms. The first kappa shape index (κ1) is 13.5. The predicted octanol–water partition coefficient (Wildman–Crippen LogP) is 0.597. The highest BCUT2D eigenvalue weighted by Gasteiger charge is 2.21. The number of carbonyl (C=O) groups excluding carboxylic acids is 1. The Kier molecular flexibility index (Phi) is 4.13. The molecule has 2 N–H and O–H groups in total. The molecule has 2 rings (SSSR count). The van der Waals surface area contributed by atoms with Gasteiger partial charge in [-0.2, -0.15) is 0 Å². The van der Waals surface area contributed by atoms with Gasteiger partial charge in [0.25, 0.3) is 0 Å². The second kappa shape index (κ2) is 5.81. The van der Waals surface area contributed by atoms with Crippen LogP contribution in [0.15, 0.2) is 0 Å². The van der Waals surface area contributed by atoms with E-state index in [1.54, 1.807) is 0 Å². The molecule has 1 aliphatic carbocycles. The molecule has 19 heavy (non-hydrogen) atoms. The van der Waals surface area contributed by atoms with E-state index in [1.807, 2.05) is 6.92 Å². The van der Waals surface area contributed by atoms with Crippen LogP contribution in [0, 0.1) is 0 Å². The van der Waals surface area contributed by atoms with E-state index in [0.717, 1.165) is 25.7 Å². The van der Waals surface area contributed by atoms with Crippen LogP contribution < -0.4 is 5.32 Å². The highest BCUT2D eigenvalue weighted by atomic mass is 16.4. The van der Waals surface area contributed by atoms with Crippen molar-refractivity contribution >= 4 is 11.9 Å². The van der Waals surface area contributed by atoms with Gasteiger partial charge in [0.05, 0.1) is 5.69 Å². The number of aromatic carboxylic acids is 1. The lowest BCUT2D eigenvalue weighted by atomic mass is 10.2. The summed E-state index contributed by atoms with van der Waals surface area (Å²) in [5, 5.41) is 19.3. The number of nitrogens with zero attached hydrogens (tertiary/aromatic N) is 3. The molecule has 1 saturated carbocycles. The molecule has 7 heteroatoms. The third-order valence-corrected chi connectivity index (χ3v) is 3.39. The van der Waals surface area contributed by atoms with Crippen LogP contribution in [0.1, 0.15) is 48.8 Å². The fourth-order valence-corrected chi connectivity index (χ4v) is 2.46. The maximum absolute atomic E-state index is 11.9. The topological polar surface area (TPSA) is 97.1 Å². The van der Waals surface area contributed by atoms with Crippen molar-refractivity contribution in [3.63, 3.8) is 0 Å². The van der Waals surface area contributed by atoms with Crippen LogP contribution in [0.4, 0.5) is 0 Å². The molecule has 0 unspecified atom stereocenters. The van der Waals surface area contributed by atoms with Crippen LogP contribution in [-0.4, -0.2) is 38.0 Å². The summed E-state index contributed by atoms with van der Waals surface area (Å²) in [5.41, 5.74) is 0.408. The van der Waals surface area contributed by atoms with Gasteiger partial charge in [-0.1, -0.05) is 25.0 Å². The van der Waals surface area contributed by atoms with E-state index in [1.165, 1.54) is 4.68 Å². The Morgan fingerprint density at radius 1 is 1.42 bits per heavy atom. The fourth-order valence-electron chi connectivity index (χ4n) is 2.46. The first-order chi connectivity index (χ1) is 9.11. The SMILES string of the molecule is CCc1c(C(=O)O)nnn1CC(=O)NC1CCCC1. The summed E-state index contributed by atoms with van der Waals surface area (Å²) < 4.78 is 1.37. The van der Waals surface area contributed by atoms with Gasteiger partial charge < -0.3 is 10.4 Å². The quantitative estimate of drug-likeness (QED) is 0.813. The van der Waals surface area contributed by atoms with Gasteiger partial charge in [-0.25, -0.2) is 9.48 Å². The first-order valence-electron chi connectivity index (χ1n) is 6.56. The van der Waals surface area contributed by atoms with E-state index in [0.29, 0.717) is 12.1 Å². The fraction of sp³-hybridized carbons (Fsp3) is 0.667. The van der Waals surface area contributed by atoms with E-state index in [4.69, 9.17) is 5.11 Å².